The van der Waals surface area contributed by atoms with Gasteiger partial charge in [-0.3, -0.25) is 4.79 Å². The Labute approximate surface area is 270 Å². The fourth-order valence-corrected chi connectivity index (χ4v) is 6.49. The van der Waals surface area contributed by atoms with Gasteiger partial charge in [-0.05, 0) is 34.0 Å². The number of carboxylic acids is 1. The number of hydrogen-bond acceptors (Lipinski definition) is 6. The molecule has 3 fully saturated rings. The Morgan fingerprint density at radius 3 is 1.91 bits per heavy atom. The molecule has 3 aliphatic rings. The Balaban J connectivity index is 0.000000559. The zero-order chi connectivity index (χ0) is 33.7. The lowest BCUT2D eigenvalue weighted by atomic mass is 9.82. The number of carbonyl (C=O) groups excluding carboxylic acids is 3. The van der Waals surface area contributed by atoms with E-state index in [4.69, 9.17) is 14.6 Å². The van der Waals surface area contributed by atoms with Crippen molar-refractivity contribution in [2.24, 2.45) is 5.92 Å². The highest BCUT2D eigenvalue weighted by Gasteiger charge is 2.50. The van der Waals surface area contributed by atoms with Crippen LogP contribution < -0.4 is 10.4 Å². The predicted octanol–water partition coefficient (Wildman–Crippen LogP) is 3.96. The Bertz CT molecular complexity index is 1670. The molecule has 2 bridgehead atoms. The fourth-order valence-electron chi connectivity index (χ4n) is 6.49. The normalized spacial score (nSPS) is 20.5. The maximum atomic E-state index is 13.7. The number of nitrogens with one attached hydrogen (secondary N) is 1. The van der Waals surface area contributed by atoms with Crippen molar-refractivity contribution in [3.63, 3.8) is 0 Å². The number of halogens is 3. The molecule has 3 aliphatic heterocycles. The lowest BCUT2D eigenvalue weighted by Crippen LogP contribution is -2.66. The lowest BCUT2D eigenvalue weighted by Gasteiger charge is -2.52. The molecule has 246 valence electrons. The first-order valence-electron chi connectivity index (χ1n) is 15.4. The molecular formula is C36H35F3N2O6. The van der Waals surface area contributed by atoms with E-state index in [9.17, 15) is 27.9 Å². The number of ether oxygens (including phenoxy) is 1. The minimum atomic E-state index is -5.19. The fraction of sp³-hybridized carbons (Fsp3) is 0.306. The van der Waals surface area contributed by atoms with Crippen LogP contribution in [0.2, 0.25) is 0 Å². The Kier molecular flexibility index (Phi) is 9.97. The predicted molar refractivity (Wildman–Crippen MR) is 166 cm³/mol. The van der Waals surface area contributed by atoms with E-state index in [-0.39, 0.29) is 17.9 Å². The second-order valence-corrected chi connectivity index (χ2v) is 12.0. The van der Waals surface area contributed by atoms with Gasteiger partial charge in [-0.2, -0.15) is 13.2 Å². The molecule has 4 aromatic rings. The summed E-state index contributed by atoms with van der Waals surface area (Å²) in [5, 5.41) is 25.9. The molecule has 3 saturated heterocycles. The van der Waals surface area contributed by atoms with E-state index in [1.54, 1.807) is 24.3 Å². The van der Waals surface area contributed by atoms with Crippen molar-refractivity contribution in [2.75, 3.05) is 32.7 Å². The van der Waals surface area contributed by atoms with Crippen molar-refractivity contribution in [3.05, 3.63) is 120 Å². The number of piperidine rings is 3. The monoisotopic (exact) mass is 648 g/mol. The summed E-state index contributed by atoms with van der Waals surface area (Å²) in [6.45, 7) is 4.04. The van der Waals surface area contributed by atoms with Gasteiger partial charge >= 0.3 is 12.1 Å². The molecule has 1 atom stereocenters. The van der Waals surface area contributed by atoms with Crippen LogP contribution in [0.5, 0.6) is 0 Å². The molecule has 0 spiro atoms. The Morgan fingerprint density at radius 1 is 0.830 bits per heavy atom. The molecular weight excluding hydrogens is 613 g/mol. The van der Waals surface area contributed by atoms with E-state index in [1.165, 1.54) is 0 Å². The Hall–Kier alpha value is -4.74. The summed E-state index contributed by atoms with van der Waals surface area (Å²) in [5.41, 5.74) is -0.239. The summed E-state index contributed by atoms with van der Waals surface area (Å²) in [6.07, 6.45) is -3.54. The number of amides is 1. The van der Waals surface area contributed by atoms with Crippen molar-refractivity contribution in [1.29, 1.82) is 0 Å². The molecule has 0 saturated carbocycles. The van der Waals surface area contributed by atoms with Crippen molar-refractivity contribution in [1.82, 2.24) is 5.32 Å². The molecule has 4 aromatic carbocycles. The smallest absolute Gasteiger partial charge is 0.430 e. The van der Waals surface area contributed by atoms with Gasteiger partial charge < -0.3 is 29.5 Å². The number of nitrogens with zero attached hydrogens (tertiary/aromatic N) is 1. The molecule has 47 heavy (non-hydrogen) atoms. The first kappa shape index (κ1) is 33.6. The van der Waals surface area contributed by atoms with E-state index in [0.717, 1.165) is 47.7 Å². The summed E-state index contributed by atoms with van der Waals surface area (Å²) in [6, 6.07) is 31.8. The van der Waals surface area contributed by atoms with E-state index in [2.05, 4.69) is 5.32 Å². The number of rotatable bonds is 8. The van der Waals surface area contributed by atoms with Gasteiger partial charge in [0.1, 0.15) is 12.5 Å². The quantitative estimate of drug-likeness (QED) is 0.221. The van der Waals surface area contributed by atoms with Crippen LogP contribution in [0.15, 0.2) is 103 Å². The highest BCUT2D eigenvalue weighted by molar-refractivity contribution is 5.98. The van der Waals surface area contributed by atoms with Crippen molar-refractivity contribution in [3.8, 4) is 0 Å². The van der Waals surface area contributed by atoms with Crippen LogP contribution >= 0.6 is 0 Å². The molecule has 0 aromatic heterocycles. The van der Waals surface area contributed by atoms with Gasteiger partial charge in [0.25, 0.3) is 5.91 Å². The summed E-state index contributed by atoms with van der Waals surface area (Å²) >= 11 is 0. The standard InChI is InChI=1S/C34H34N2O4.C2HF3O2/c37-32(28-16-15-25-9-7-8-10-27(25)23-28)35-19-22-36-20-17-26(18-21-36)31(24-36)40-33(38)34(39,29-11-3-1-4-12-29)30-13-5-2-6-14-30;3-2(4,5)1(6)7/h1-16,23,26,31,39H,17-22,24H2;(H,6,7)/t26?,31-,36?;/m0./s1. The molecule has 0 aliphatic carbocycles. The molecule has 3 heterocycles. The minimum absolute atomic E-state index is 0.0744. The second-order valence-electron chi connectivity index (χ2n) is 12.0. The topological polar surface area (TPSA) is 116 Å². The van der Waals surface area contributed by atoms with E-state index < -0.39 is 23.7 Å². The number of aliphatic hydroxyl groups is 1. The molecule has 0 radical (unpaired) electrons. The molecule has 0 unspecified atom stereocenters. The van der Waals surface area contributed by atoms with Crippen molar-refractivity contribution in [2.45, 2.75) is 30.7 Å². The van der Waals surface area contributed by atoms with Crippen LogP contribution in [0.4, 0.5) is 13.2 Å². The van der Waals surface area contributed by atoms with Gasteiger partial charge in [0.15, 0.2) is 6.10 Å². The second kappa shape index (κ2) is 13.9. The number of carbonyl (C=O) groups is 3. The van der Waals surface area contributed by atoms with Gasteiger partial charge in [0.05, 0.1) is 26.2 Å². The summed E-state index contributed by atoms with van der Waals surface area (Å²) in [7, 11) is 0. The average molecular weight is 649 g/mol. The zero-order valence-corrected chi connectivity index (χ0v) is 25.5. The zero-order valence-electron chi connectivity index (χ0n) is 25.5. The molecule has 8 nitrogen and oxygen atoms in total. The number of alkyl halides is 3. The van der Waals surface area contributed by atoms with Gasteiger partial charge in [-0.1, -0.05) is 91.0 Å². The van der Waals surface area contributed by atoms with Crippen molar-refractivity contribution < 1.29 is 47.0 Å². The van der Waals surface area contributed by atoms with E-state index >= 15 is 0 Å². The minimum Gasteiger partial charge on any atom is -0.542 e. The van der Waals surface area contributed by atoms with Crippen LogP contribution in [0.3, 0.4) is 0 Å². The van der Waals surface area contributed by atoms with E-state index in [0.29, 0.717) is 29.8 Å². The van der Waals surface area contributed by atoms with Gasteiger partial charge in [0, 0.05) is 24.3 Å². The van der Waals surface area contributed by atoms with Crippen LogP contribution in [0.25, 0.3) is 10.8 Å². The van der Waals surface area contributed by atoms with Crippen LogP contribution in [-0.2, 0) is 19.9 Å². The van der Waals surface area contributed by atoms with Gasteiger partial charge in [-0.15, -0.1) is 0 Å². The third kappa shape index (κ3) is 7.64. The summed E-state index contributed by atoms with van der Waals surface area (Å²) in [5.74, 6) is -3.43. The number of fused-ring (bicyclic) bond motifs is 4. The number of hydrogen-bond donors (Lipinski definition) is 2. The van der Waals surface area contributed by atoms with Crippen LogP contribution in [0.1, 0.15) is 34.3 Å². The number of carboxylic acid groups (broad SMARTS) is 1. The van der Waals surface area contributed by atoms with Gasteiger partial charge in [0.2, 0.25) is 5.60 Å². The maximum absolute atomic E-state index is 13.7. The maximum Gasteiger partial charge on any atom is 0.430 e. The molecule has 1 amide bonds. The molecule has 2 N–H and O–H groups in total. The first-order valence-corrected chi connectivity index (χ1v) is 15.4. The number of benzene rings is 4. The Morgan fingerprint density at radius 2 is 1.36 bits per heavy atom. The van der Waals surface area contributed by atoms with Gasteiger partial charge in [-0.25, -0.2) is 4.79 Å². The molecule has 11 heteroatoms. The first-order chi connectivity index (χ1) is 22.4. The number of quaternary nitrogens is 1. The highest BCUT2D eigenvalue weighted by Crippen LogP contribution is 2.38. The van der Waals surface area contributed by atoms with Crippen molar-refractivity contribution >= 4 is 28.6 Å². The highest BCUT2D eigenvalue weighted by atomic mass is 19.4. The third-order valence-corrected chi connectivity index (χ3v) is 9.09. The number of aliphatic carboxylic acids is 1. The SMILES string of the molecule is O=C(NCC[N+]12CCC(CC1)[C@@H](OC(=O)C(O)(c1ccccc1)c1ccccc1)C2)c1ccc2ccccc2c1.O=C([O-])C(F)(F)F. The average Bonchev–Trinajstić information content (AvgIpc) is 3.08. The number of esters is 1. The van der Waals surface area contributed by atoms with E-state index in [1.807, 2.05) is 78.9 Å². The van der Waals surface area contributed by atoms with Crippen LogP contribution in [0, 0.1) is 5.92 Å². The van der Waals surface area contributed by atoms with Crippen LogP contribution in [-0.4, -0.2) is 72.4 Å². The summed E-state index contributed by atoms with van der Waals surface area (Å²) in [4.78, 5) is 35.4. The third-order valence-electron chi connectivity index (χ3n) is 9.09. The summed E-state index contributed by atoms with van der Waals surface area (Å²) < 4.78 is 38.5. The largest absolute Gasteiger partial charge is 0.542 e. The molecule has 7 rings (SSSR count). The lowest BCUT2D eigenvalue weighted by molar-refractivity contribution is -0.945.